The molecule has 0 unspecified atom stereocenters. The molecule has 2 heterocycles. The van der Waals surface area contributed by atoms with Crippen molar-refractivity contribution in [3.63, 3.8) is 0 Å². The zero-order valence-electron chi connectivity index (χ0n) is 14.9. The van der Waals surface area contributed by atoms with Gasteiger partial charge in [0.05, 0.1) is 0 Å². The van der Waals surface area contributed by atoms with E-state index >= 15 is 0 Å². The molecule has 3 aromatic carbocycles. The second-order valence-electron chi connectivity index (χ2n) is 6.56. The summed E-state index contributed by atoms with van der Waals surface area (Å²) < 4.78 is 16.5. The van der Waals surface area contributed by atoms with Crippen LogP contribution in [0.1, 0.15) is 16.1 Å². The van der Waals surface area contributed by atoms with Gasteiger partial charge in [-0.3, -0.25) is 0 Å². The van der Waals surface area contributed by atoms with E-state index in [1.54, 1.807) is 18.2 Å². The summed E-state index contributed by atoms with van der Waals surface area (Å²) in [6.45, 7) is 1.83. The SMILES string of the molecule is Cc1c(C(=O)Oc2ccc3ccc(=O)oc3c2)oc2c1ccc1ccccc12. The van der Waals surface area contributed by atoms with Crippen LogP contribution in [-0.2, 0) is 0 Å². The van der Waals surface area contributed by atoms with Crippen LogP contribution in [0.5, 0.6) is 5.75 Å². The lowest BCUT2D eigenvalue weighted by Crippen LogP contribution is -2.08. The first-order valence-electron chi connectivity index (χ1n) is 8.77. The zero-order valence-corrected chi connectivity index (χ0v) is 14.9. The summed E-state index contributed by atoms with van der Waals surface area (Å²) in [5.41, 5.74) is 1.27. The van der Waals surface area contributed by atoms with Crippen molar-refractivity contribution in [3.8, 4) is 5.75 Å². The van der Waals surface area contributed by atoms with Crippen LogP contribution in [0.4, 0.5) is 0 Å². The normalized spacial score (nSPS) is 11.3. The number of carbonyl (C=O) groups is 1. The third-order valence-electron chi connectivity index (χ3n) is 4.82. The van der Waals surface area contributed by atoms with Gasteiger partial charge in [-0.15, -0.1) is 0 Å². The van der Waals surface area contributed by atoms with Crippen molar-refractivity contribution < 1.29 is 18.4 Å². The summed E-state index contributed by atoms with van der Waals surface area (Å²) in [5, 5.41) is 3.59. The van der Waals surface area contributed by atoms with Crippen LogP contribution < -0.4 is 10.4 Å². The molecule has 0 aliphatic rings. The Bertz CT molecular complexity index is 1440. The Labute approximate surface area is 158 Å². The van der Waals surface area contributed by atoms with Crippen molar-refractivity contribution in [1.82, 2.24) is 0 Å². The quantitative estimate of drug-likeness (QED) is 0.242. The van der Waals surface area contributed by atoms with E-state index in [0.29, 0.717) is 11.2 Å². The van der Waals surface area contributed by atoms with Gasteiger partial charge in [-0.25, -0.2) is 9.59 Å². The third-order valence-corrected chi connectivity index (χ3v) is 4.82. The largest absolute Gasteiger partial charge is 0.448 e. The number of furan rings is 1. The minimum atomic E-state index is -0.601. The number of ether oxygens (including phenoxy) is 1. The first-order valence-corrected chi connectivity index (χ1v) is 8.77. The van der Waals surface area contributed by atoms with Gasteiger partial charge in [0.2, 0.25) is 5.76 Å². The van der Waals surface area contributed by atoms with Crippen LogP contribution in [-0.4, -0.2) is 5.97 Å². The van der Waals surface area contributed by atoms with E-state index in [2.05, 4.69) is 0 Å². The summed E-state index contributed by atoms with van der Waals surface area (Å²) >= 11 is 0. The minimum Gasteiger partial charge on any atom is -0.448 e. The van der Waals surface area contributed by atoms with Gasteiger partial charge in [0.1, 0.15) is 16.9 Å². The number of carbonyl (C=O) groups excluding carboxylic acids is 1. The maximum absolute atomic E-state index is 12.7. The van der Waals surface area contributed by atoms with Crippen LogP contribution in [0, 0.1) is 6.92 Å². The Hall–Kier alpha value is -3.86. The standard InChI is InChI=1S/C23H14O5/c1-13-17-10-7-14-4-2-3-5-18(14)22(17)28-21(13)23(25)26-16-9-6-15-8-11-20(24)27-19(15)12-16/h2-12H,1H3. The van der Waals surface area contributed by atoms with Crippen LogP contribution >= 0.6 is 0 Å². The topological polar surface area (TPSA) is 69.7 Å². The third kappa shape index (κ3) is 2.56. The van der Waals surface area contributed by atoms with Crippen molar-refractivity contribution >= 4 is 38.7 Å². The summed E-state index contributed by atoms with van der Waals surface area (Å²) in [7, 11) is 0. The molecule has 0 saturated carbocycles. The predicted molar refractivity (Wildman–Crippen MR) is 106 cm³/mol. The van der Waals surface area contributed by atoms with E-state index in [1.165, 1.54) is 12.1 Å². The molecule has 0 atom stereocenters. The first-order chi connectivity index (χ1) is 13.6. The lowest BCUT2D eigenvalue weighted by atomic mass is 10.1. The molecule has 0 N–H and O–H groups in total. The molecule has 0 amide bonds. The predicted octanol–water partition coefficient (Wildman–Crippen LogP) is 5.22. The van der Waals surface area contributed by atoms with Gasteiger partial charge in [0.25, 0.3) is 0 Å². The van der Waals surface area contributed by atoms with Gasteiger partial charge in [-0.05, 0) is 30.5 Å². The smallest absolute Gasteiger partial charge is 0.379 e. The highest BCUT2D eigenvalue weighted by Gasteiger charge is 2.21. The van der Waals surface area contributed by atoms with Crippen LogP contribution in [0.3, 0.4) is 0 Å². The molecule has 5 aromatic rings. The Morgan fingerprint density at radius 3 is 2.54 bits per heavy atom. The molecule has 5 heteroatoms. The molecule has 0 radical (unpaired) electrons. The molecular weight excluding hydrogens is 356 g/mol. The summed E-state index contributed by atoms with van der Waals surface area (Å²) in [6, 6.07) is 19.7. The van der Waals surface area contributed by atoms with Crippen LogP contribution in [0.25, 0.3) is 32.7 Å². The molecule has 5 rings (SSSR count). The maximum Gasteiger partial charge on any atom is 0.379 e. The van der Waals surface area contributed by atoms with E-state index in [0.717, 1.165) is 27.1 Å². The van der Waals surface area contributed by atoms with Crippen molar-refractivity contribution in [2.45, 2.75) is 6.92 Å². The highest BCUT2D eigenvalue weighted by Crippen LogP contribution is 2.32. The Morgan fingerprint density at radius 2 is 1.64 bits per heavy atom. The van der Waals surface area contributed by atoms with E-state index in [-0.39, 0.29) is 11.5 Å². The Kier molecular flexibility index (Phi) is 3.55. The molecule has 0 bridgehead atoms. The van der Waals surface area contributed by atoms with Crippen LogP contribution in [0.15, 0.2) is 80.4 Å². The van der Waals surface area contributed by atoms with Gasteiger partial charge in [-0.1, -0.05) is 36.4 Å². The maximum atomic E-state index is 12.7. The van der Waals surface area contributed by atoms with Crippen LogP contribution in [0.2, 0.25) is 0 Å². The number of fused-ring (bicyclic) bond motifs is 4. The number of aryl methyl sites for hydroxylation is 1. The van der Waals surface area contributed by atoms with Gasteiger partial charge in [0.15, 0.2) is 0 Å². The number of hydrogen-bond acceptors (Lipinski definition) is 5. The van der Waals surface area contributed by atoms with Gasteiger partial charge >= 0.3 is 11.6 Å². The van der Waals surface area contributed by atoms with Gasteiger partial charge in [-0.2, -0.15) is 0 Å². The molecule has 0 aliphatic heterocycles. The highest BCUT2D eigenvalue weighted by atomic mass is 16.5. The fourth-order valence-electron chi connectivity index (χ4n) is 3.40. The van der Waals surface area contributed by atoms with Crippen molar-refractivity contribution in [1.29, 1.82) is 0 Å². The Morgan fingerprint density at radius 1 is 0.857 bits per heavy atom. The van der Waals surface area contributed by atoms with Gasteiger partial charge < -0.3 is 13.6 Å². The molecule has 136 valence electrons. The van der Waals surface area contributed by atoms with Crippen molar-refractivity contribution in [2.24, 2.45) is 0 Å². The Balaban J connectivity index is 1.56. The van der Waals surface area contributed by atoms with E-state index in [4.69, 9.17) is 13.6 Å². The molecule has 2 aromatic heterocycles. The molecule has 28 heavy (non-hydrogen) atoms. The molecular formula is C23H14O5. The second kappa shape index (κ2) is 6.09. The van der Waals surface area contributed by atoms with E-state index in [9.17, 15) is 9.59 Å². The summed E-state index contributed by atoms with van der Waals surface area (Å²) in [6.07, 6.45) is 0. The number of hydrogen-bond donors (Lipinski definition) is 0. The molecule has 0 aliphatic carbocycles. The van der Waals surface area contributed by atoms with Crippen molar-refractivity contribution in [2.75, 3.05) is 0 Å². The average molecular weight is 370 g/mol. The van der Waals surface area contributed by atoms with Gasteiger partial charge in [0, 0.05) is 33.9 Å². The minimum absolute atomic E-state index is 0.154. The monoisotopic (exact) mass is 370 g/mol. The lowest BCUT2D eigenvalue weighted by molar-refractivity contribution is 0.0703. The molecule has 0 fully saturated rings. The number of esters is 1. The first kappa shape index (κ1) is 16.3. The summed E-state index contributed by atoms with van der Waals surface area (Å²) in [5.74, 6) is -0.173. The number of rotatable bonds is 2. The van der Waals surface area contributed by atoms with E-state index < -0.39 is 11.6 Å². The molecule has 0 saturated heterocycles. The lowest BCUT2D eigenvalue weighted by Gasteiger charge is -2.04. The fourth-order valence-corrected chi connectivity index (χ4v) is 3.40. The summed E-state index contributed by atoms with van der Waals surface area (Å²) in [4.78, 5) is 24.1. The van der Waals surface area contributed by atoms with E-state index in [1.807, 2.05) is 43.3 Å². The van der Waals surface area contributed by atoms with Crippen molar-refractivity contribution in [3.05, 3.63) is 88.5 Å². The zero-order chi connectivity index (χ0) is 19.3. The average Bonchev–Trinajstić information content (AvgIpc) is 3.05. The molecule has 0 spiro atoms. The fraction of sp³-hybridized carbons (Fsp3) is 0.0435. The molecule has 5 nitrogen and oxygen atoms in total. The number of benzene rings is 3. The second-order valence-corrected chi connectivity index (χ2v) is 6.56. The highest BCUT2D eigenvalue weighted by molar-refractivity contribution is 6.08.